The maximum Gasteiger partial charge on any atom is 0.257 e. The van der Waals surface area contributed by atoms with Gasteiger partial charge in [-0.2, -0.15) is 0 Å². The second-order valence-electron chi connectivity index (χ2n) is 7.69. The molecule has 7 nitrogen and oxygen atoms in total. The van der Waals surface area contributed by atoms with Gasteiger partial charge in [-0.3, -0.25) is 24.0 Å². The van der Waals surface area contributed by atoms with Gasteiger partial charge in [0.25, 0.3) is 5.56 Å². The summed E-state index contributed by atoms with van der Waals surface area (Å²) in [5, 5.41) is 0.746. The first kappa shape index (κ1) is 20.1. The van der Waals surface area contributed by atoms with Crippen molar-refractivity contribution in [2.75, 3.05) is 31.9 Å². The molecular weight excluding hydrogens is 386 g/mol. The molecule has 2 aromatic heterocycles. The Hall–Kier alpha value is -2.19. The molecule has 1 atom stereocenters. The molecule has 0 spiro atoms. The summed E-state index contributed by atoms with van der Waals surface area (Å²) in [5.41, 5.74) is 2.83. The van der Waals surface area contributed by atoms with Crippen molar-refractivity contribution < 1.29 is 4.79 Å². The van der Waals surface area contributed by atoms with Crippen LogP contribution in [0.3, 0.4) is 0 Å². The Labute approximate surface area is 175 Å². The number of thioether (sulfide) groups is 1. The van der Waals surface area contributed by atoms with Crippen molar-refractivity contribution in [2.24, 2.45) is 5.92 Å². The number of piperazine rings is 1. The maximum atomic E-state index is 13.1. The van der Waals surface area contributed by atoms with Gasteiger partial charge in [-0.1, -0.05) is 18.7 Å². The van der Waals surface area contributed by atoms with Crippen LogP contribution < -0.4 is 5.56 Å². The van der Waals surface area contributed by atoms with Crippen LogP contribution >= 0.6 is 11.8 Å². The highest BCUT2D eigenvalue weighted by Gasteiger charge is 2.32. The van der Waals surface area contributed by atoms with Crippen LogP contribution in [0.25, 0.3) is 0 Å². The van der Waals surface area contributed by atoms with E-state index in [-0.39, 0.29) is 17.4 Å². The highest BCUT2D eigenvalue weighted by Crippen LogP contribution is 2.27. The summed E-state index contributed by atoms with van der Waals surface area (Å²) in [6.07, 6.45) is 4.30. The number of carbonyl (C=O) groups excluding carboxylic acids is 1. The van der Waals surface area contributed by atoms with Crippen molar-refractivity contribution in [3.05, 3.63) is 51.7 Å². The molecule has 0 aliphatic carbocycles. The van der Waals surface area contributed by atoms with Gasteiger partial charge in [0, 0.05) is 68.7 Å². The zero-order valence-corrected chi connectivity index (χ0v) is 17.8. The molecule has 4 rings (SSSR count). The van der Waals surface area contributed by atoms with Crippen molar-refractivity contribution in [1.82, 2.24) is 24.3 Å². The molecule has 1 saturated heterocycles. The quantitative estimate of drug-likeness (QED) is 0.709. The van der Waals surface area contributed by atoms with E-state index in [9.17, 15) is 9.59 Å². The summed E-state index contributed by atoms with van der Waals surface area (Å²) in [4.78, 5) is 38.9. The van der Waals surface area contributed by atoms with Crippen LogP contribution in [0.15, 0.2) is 34.5 Å². The number of rotatable bonds is 4. The zero-order chi connectivity index (χ0) is 20.4. The van der Waals surface area contributed by atoms with Gasteiger partial charge in [0.2, 0.25) is 5.91 Å². The third-order valence-corrected chi connectivity index (χ3v) is 6.93. The van der Waals surface area contributed by atoms with E-state index in [1.807, 2.05) is 43.3 Å². The molecule has 29 heavy (non-hydrogen) atoms. The number of carbonyl (C=O) groups is 1. The van der Waals surface area contributed by atoms with E-state index in [4.69, 9.17) is 0 Å². The number of pyridine rings is 1. The van der Waals surface area contributed by atoms with Crippen molar-refractivity contribution in [2.45, 2.75) is 38.5 Å². The largest absolute Gasteiger partial charge is 0.340 e. The van der Waals surface area contributed by atoms with E-state index in [1.165, 1.54) is 17.3 Å². The van der Waals surface area contributed by atoms with Crippen LogP contribution in [0.2, 0.25) is 0 Å². The summed E-state index contributed by atoms with van der Waals surface area (Å²) in [6, 6.07) is 4.07. The molecule has 8 heteroatoms. The predicted molar refractivity (Wildman–Crippen MR) is 113 cm³/mol. The summed E-state index contributed by atoms with van der Waals surface area (Å²) < 4.78 is 1.71. The molecule has 0 bridgehead atoms. The van der Waals surface area contributed by atoms with Gasteiger partial charge in [0.1, 0.15) is 0 Å². The summed E-state index contributed by atoms with van der Waals surface area (Å²) >= 11 is 1.53. The number of nitrogens with zero attached hydrogens (tertiary/aromatic N) is 5. The molecule has 2 aliphatic rings. The zero-order valence-electron chi connectivity index (χ0n) is 17.0. The van der Waals surface area contributed by atoms with Crippen molar-refractivity contribution >= 4 is 17.7 Å². The van der Waals surface area contributed by atoms with Gasteiger partial charge in [0.15, 0.2) is 5.16 Å². The van der Waals surface area contributed by atoms with E-state index < -0.39 is 0 Å². The molecule has 0 N–H and O–H groups in total. The lowest BCUT2D eigenvalue weighted by Crippen LogP contribution is -2.51. The van der Waals surface area contributed by atoms with E-state index in [2.05, 4.69) is 14.9 Å². The topological polar surface area (TPSA) is 71.3 Å². The number of amides is 1. The van der Waals surface area contributed by atoms with Gasteiger partial charge < -0.3 is 4.90 Å². The van der Waals surface area contributed by atoms with Crippen molar-refractivity contribution in [3.63, 3.8) is 0 Å². The van der Waals surface area contributed by atoms with E-state index in [1.54, 1.807) is 4.57 Å². The first-order chi connectivity index (χ1) is 14.1. The van der Waals surface area contributed by atoms with Crippen LogP contribution in [0, 0.1) is 12.8 Å². The fourth-order valence-electron chi connectivity index (χ4n) is 4.08. The Morgan fingerprint density at radius 2 is 1.93 bits per heavy atom. The Bertz CT molecular complexity index is 938. The average Bonchev–Trinajstić information content (AvgIpc) is 2.75. The summed E-state index contributed by atoms with van der Waals surface area (Å²) in [5.74, 6) is 0.691. The van der Waals surface area contributed by atoms with Crippen LogP contribution in [-0.2, 0) is 24.3 Å². The molecular formula is C21H27N5O2S. The molecule has 2 aliphatic heterocycles. The van der Waals surface area contributed by atoms with Gasteiger partial charge >= 0.3 is 0 Å². The van der Waals surface area contributed by atoms with Crippen LogP contribution in [0.1, 0.15) is 23.7 Å². The van der Waals surface area contributed by atoms with Gasteiger partial charge in [0.05, 0.1) is 5.92 Å². The SMILES string of the molecule is CCc1c(C)nc2n(c1=O)CC(C(=O)N1CCN(Cc3ccncc3)CC1)CS2. The smallest absolute Gasteiger partial charge is 0.257 e. The fraction of sp³-hybridized carbons (Fsp3) is 0.524. The molecule has 4 heterocycles. The molecule has 0 aromatic carbocycles. The second kappa shape index (κ2) is 8.67. The lowest BCUT2D eigenvalue weighted by Gasteiger charge is -2.37. The molecule has 1 amide bonds. The molecule has 1 fully saturated rings. The lowest BCUT2D eigenvalue weighted by molar-refractivity contribution is -0.137. The van der Waals surface area contributed by atoms with Gasteiger partial charge in [-0.25, -0.2) is 4.98 Å². The molecule has 1 unspecified atom stereocenters. The Kier molecular flexibility index (Phi) is 6.01. The maximum absolute atomic E-state index is 13.1. The minimum Gasteiger partial charge on any atom is -0.340 e. The monoisotopic (exact) mass is 413 g/mol. The first-order valence-electron chi connectivity index (χ1n) is 10.2. The molecule has 0 saturated carbocycles. The van der Waals surface area contributed by atoms with Gasteiger partial charge in [-0.05, 0) is 31.0 Å². The summed E-state index contributed by atoms with van der Waals surface area (Å²) in [7, 11) is 0. The van der Waals surface area contributed by atoms with Crippen molar-refractivity contribution in [3.8, 4) is 0 Å². The fourth-order valence-corrected chi connectivity index (χ4v) is 5.20. The van der Waals surface area contributed by atoms with Crippen LogP contribution in [0.5, 0.6) is 0 Å². The molecule has 0 radical (unpaired) electrons. The average molecular weight is 414 g/mol. The standard InChI is InChI=1S/C21H27N5O2S/c1-3-18-15(2)23-21-26(20(18)28)13-17(14-29-21)19(27)25-10-8-24(9-11-25)12-16-4-6-22-7-5-16/h4-7,17H,3,8-14H2,1-2H3. The normalized spacial score (nSPS) is 19.8. The number of fused-ring (bicyclic) bond motifs is 1. The van der Waals surface area contributed by atoms with Crippen molar-refractivity contribution in [1.29, 1.82) is 0 Å². The highest BCUT2D eigenvalue weighted by atomic mass is 32.2. The lowest BCUT2D eigenvalue weighted by atomic mass is 10.1. The van der Waals surface area contributed by atoms with Crippen LogP contribution in [-0.4, -0.2) is 62.2 Å². The third kappa shape index (κ3) is 4.23. The Morgan fingerprint density at radius 1 is 1.21 bits per heavy atom. The van der Waals surface area contributed by atoms with E-state index in [0.717, 1.165) is 49.1 Å². The number of aryl methyl sites for hydroxylation is 1. The van der Waals surface area contributed by atoms with E-state index in [0.29, 0.717) is 18.7 Å². The molecule has 154 valence electrons. The second-order valence-corrected chi connectivity index (χ2v) is 8.68. The Balaban J connectivity index is 1.38. The Morgan fingerprint density at radius 3 is 2.62 bits per heavy atom. The highest BCUT2D eigenvalue weighted by molar-refractivity contribution is 7.99. The van der Waals surface area contributed by atoms with E-state index >= 15 is 0 Å². The minimum absolute atomic E-state index is 0.0159. The molecule has 2 aromatic rings. The minimum atomic E-state index is -0.161. The number of hydrogen-bond acceptors (Lipinski definition) is 6. The predicted octanol–water partition coefficient (Wildman–Crippen LogP) is 1.58. The van der Waals surface area contributed by atoms with Crippen LogP contribution in [0.4, 0.5) is 0 Å². The first-order valence-corrected chi connectivity index (χ1v) is 11.2. The number of hydrogen-bond donors (Lipinski definition) is 0. The number of aromatic nitrogens is 3. The van der Waals surface area contributed by atoms with Gasteiger partial charge in [-0.15, -0.1) is 0 Å². The summed E-state index contributed by atoms with van der Waals surface area (Å²) in [6.45, 7) is 8.40. The third-order valence-electron chi connectivity index (χ3n) is 5.79.